The van der Waals surface area contributed by atoms with Gasteiger partial charge in [0.15, 0.2) is 11.3 Å². The van der Waals surface area contributed by atoms with Gasteiger partial charge >= 0.3 is 12.2 Å². The number of halogens is 2. The van der Waals surface area contributed by atoms with Gasteiger partial charge in [0, 0.05) is 105 Å². The molecular weight excluding hydrogens is 903 g/mol. The van der Waals surface area contributed by atoms with E-state index in [-0.39, 0.29) is 24.3 Å². The molecule has 0 aliphatic carbocycles. The quantitative estimate of drug-likeness (QED) is 0.153. The van der Waals surface area contributed by atoms with E-state index in [1.807, 2.05) is 55.4 Å². The molecule has 22 heteroatoms. The van der Waals surface area contributed by atoms with Crippen LogP contribution in [0.4, 0.5) is 32.6 Å². The minimum Gasteiger partial charge on any atom is -0.444 e. The van der Waals surface area contributed by atoms with E-state index >= 15 is 0 Å². The zero-order chi connectivity index (χ0) is 48.4. The number of aromatic nitrogens is 8. The molecule has 0 bridgehead atoms. The lowest BCUT2D eigenvalue weighted by Gasteiger charge is -2.41. The summed E-state index contributed by atoms with van der Waals surface area (Å²) in [5.41, 5.74) is 1.28. The Morgan fingerprint density at radius 1 is 0.701 bits per heavy atom. The Labute approximate surface area is 397 Å². The second-order valence-electron chi connectivity index (χ2n) is 18.2. The summed E-state index contributed by atoms with van der Waals surface area (Å²) in [6.07, 6.45) is 10.5. The van der Waals surface area contributed by atoms with Crippen LogP contribution in [-0.4, -0.2) is 143 Å². The smallest absolute Gasteiger partial charge is 0.410 e. The van der Waals surface area contributed by atoms with Crippen molar-refractivity contribution < 1.29 is 28.7 Å². The van der Waals surface area contributed by atoms with E-state index < -0.39 is 11.2 Å². The summed E-state index contributed by atoms with van der Waals surface area (Å²) in [5.74, 6) is 2.50. The molecule has 67 heavy (non-hydrogen) atoms. The summed E-state index contributed by atoms with van der Waals surface area (Å²) < 4.78 is 14.6. The molecule has 4 amide bonds. The van der Waals surface area contributed by atoms with Gasteiger partial charge in [-0.25, -0.2) is 39.5 Å². The highest BCUT2D eigenvalue weighted by molar-refractivity contribution is 6.31. The van der Waals surface area contributed by atoms with Gasteiger partial charge in [0.05, 0.1) is 22.1 Å². The van der Waals surface area contributed by atoms with Crippen molar-refractivity contribution in [2.45, 2.75) is 78.7 Å². The topological polar surface area (TPSA) is 202 Å². The maximum atomic E-state index is 12.6. The molecule has 354 valence electrons. The number of fused-ring (bicyclic) bond motifs is 2. The van der Waals surface area contributed by atoms with Crippen LogP contribution in [0.2, 0.25) is 10.0 Å². The Hall–Kier alpha value is -6.80. The molecular formula is C45H54Cl2N14O6. The summed E-state index contributed by atoms with van der Waals surface area (Å²) in [5, 5.41) is 5.23. The summed E-state index contributed by atoms with van der Waals surface area (Å²) in [7, 11) is 1.68. The number of amides is 4. The third-order valence-corrected chi connectivity index (χ3v) is 11.3. The first-order chi connectivity index (χ1) is 31.8. The van der Waals surface area contributed by atoms with Crippen molar-refractivity contribution in [1.29, 1.82) is 0 Å². The minimum absolute atomic E-state index is 0.0404. The minimum atomic E-state index is -0.554. The standard InChI is InChI=1S/C23H28ClN7O3.C22H26ClN7O3/c1-15-11-29(22(33)34-23(2,3)4)8-9-30(15)20-19-17(28(5)14-32)12-31(21(19)27-13-26-20)18-10-16(24)6-7-25-18;1-14-10-28(21(32)33-22(2,3)4)7-8-29(14)19-18-16(27-13-31)11-30(20(18)26-12-25-19)17-9-15(23)5-6-24-17/h6-7,10,12-15H,8-9,11H2,1-5H3;5-6,9,11-14H,7-8,10H2,1-4H3,(H,27,31)/t15-;14-/m00/s1. The number of pyridine rings is 2. The van der Waals surface area contributed by atoms with Crippen LogP contribution in [0.3, 0.4) is 0 Å². The van der Waals surface area contributed by atoms with Crippen molar-refractivity contribution in [3.8, 4) is 11.6 Å². The molecule has 0 saturated carbocycles. The van der Waals surface area contributed by atoms with Crippen molar-refractivity contribution in [3.63, 3.8) is 0 Å². The van der Waals surface area contributed by atoms with Crippen molar-refractivity contribution in [1.82, 2.24) is 48.8 Å². The van der Waals surface area contributed by atoms with Gasteiger partial charge in [-0.05, 0) is 67.5 Å². The van der Waals surface area contributed by atoms with Crippen LogP contribution >= 0.6 is 23.2 Å². The van der Waals surface area contributed by atoms with Crippen LogP contribution in [0.15, 0.2) is 61.7 Å². The molecule has 6 aromatic heterocycles. The first-order valence-corrected chi connectivity index (χ1v) is 22.4. The highest BCUT2D eigenvalue weighted by Gasteiger charge is 2.34. The van der Waals surface area contributed by atoms with Gasteiger partial charge in [-0.1, -0.05) is 23.2 Å². The lowest BCUT2D eigenvalue weighted by atomic mass is 10.1. The molecule has 2 aliphatic heterocycles. The predicted molar refractivity (Wildman–Crippen MR) is 257 cm³/mol. The molecule has 0 radical (unpaired) electrons. The van der Waals surface area contributed by atoms with Crippen LogP contribution in [0.5, 0.6) is 0 Å². The number of carbonyl (C=O) groups is 4. The fourth-order valence-electron chi connectivity index (χ4n) is 7.93. The number of carbonyl (C=O) groups excluding carboxylic acids is 4. The number of nitrogens with zero attached hydrogens (tertiary/aromatic N) is 13. The summed E-state index contributed by atoms with van der Waals surface area (Å²) in [4.78, 5) is 84.2. The summed E-state index contributed by atoms with van der Waals surface area (Å²) >= 11 is 12.3. The van der Waals surface area contributed by atoms with Crippen LogP contribution in [0, 0.1) is 0 Å². The van der Waals surface area contributed by atoms with E-state index in [9.17, 15) is 19.2 Å². The van der Waals surface area contributed by atoms with E-state index in [1.165, 1.54) is 17.6 Å². The molecule has 8 rings (SSSR count). The van der Waals surface area contributed by atoms with E-state index in [0.29, 0.717) is 107 Å². The molecule has 2 atom stereocenters. The third-order valence-electron chi connectivity index (χ3n) is 10.9. The van der Waals surface area contributed by atoms with Crippen molar-refractivity contribution in [2.24, 2.45) is 0 Å². The Morgan fingerprint density at radius 2 is 1.16 bits per heavy atom. The number of piperazine rings is 2. The number of ether oxygens (including phenoxy) is 2. The molecule has 1 N–H and O–H groups in total. The molecule has 8 heterocycles. The van der Waals surface area contributed by atoms with Crippen molar-refractivity contribution in [2.75, 3.05) is 66.3 Å². The van der Waals surface area contributed by atoms with Gasteiger partial charge in [0.2, 0.25) is 12.8 Å². The molecule has 0 unspecified atom stereocenters. The van der Waals surface area contributed by atoms with Gasteiger partial charge in [0.25, 0.3) is 0 Å². The van der Waals surface area contributed by atoms with Gasteiger partial charge in [-0.2, -0.15) is 0 Å². The second kappa shape index (κ2) is 19.6. The maximum absolute atomic E-state index is 12.6. The number of anilines is 4. The van der Waals surface area contributed by atoms with Gasteiger partial charge in [0.1, 0.15) is 47.1 Å². The monoisotopic (exact) mass is 956 g/mol. The average Bonchev–Trinajstić information content (AvgIpc) is 3.85. The first-order valence-electron chi connectivity index (χ1n) is 21.6. The fraction of sp³-hybridized carbons (Fsp3) is 0.422. The zero-order valence-electron chi connectivity index (χ0n) is 38.8. The first kappa shape index (κ1) is 48.1. The Balaban J connectivity index is 0.000000199. The molecule has 0 spiro atoms. The van der Waals surface area contributed by atoms with E-state index in [2.05, 4.69) is 45.0 Å². The summed E-state index contributed by atoms with van der Waals surface area (Å²) in [6, 6.07) is 6.75. The molecule has 0 aromatic carbocycles. The lowest BCUT2D eigenvalue weighted by Crippen LogP contribution is -2.54. The number of hydrogen-bond donors (Lipinski definition) is 1. The number of hydrogen-bond acceptors (Lipinski definition) is 14. The number of nitrogens with one attached hydrogen (secondary N) is 1. The Morgan fingerprint density at radius 3 is 1.60 bits per heavy atom. The van der Waals surface area contributed by atoms with Crippen molar-refractivity contribution in [3.05, 3.63) is 71.8 Å². The molecule has 2 saturated heterocycles. The predicted octanol–water partition coefficient (Wildman–Crippen LogP) is 6.99. The van der Waals surface area contributed by atoms with Crippen molar-refractivity contribution >= 4 is 93.3 Å². The summed E-state index contributed by atoms with van der Waals surface area (Å²) in [6.45, 7) is 18.2. The van der Waals surface area contributed by atoms with E-state index in [0.717, 1.165) is 11.8 Å². The third kappa shape index (κ3) is 10.8. The van der Waals surface area contributed by atoms with Gasteiger partial charge in [-0.15, -0.1) is 0 Å². The molecule has 20 nitrogen and oxygen atoms in total. The van der Waals surface area contributed by atoms with Crippen LogP contribution in [-0.2, 0) is 19.1 Å². The Kier molecular flexibility index (Phi) is 14.1. The van der Waals surface area contributed by atoms with E-state index in [4.69, 9.17) is 32.7 Å². The highest BCUT2D eigenvalue weighted by Crippen LogP contribution is 2.38. The fourth-order valence-corrected chi connectivity index (χ4v) is 8.24. The van der Waals surface area contributed by atoms with Crippen LogP contribution in [0.25, 0.3) is 33.7 Å². The molecule has 2 aliphatic rings. The normalized spacial score (nSPS) is 16.6. The van der Waals surface area contributed by atoms with Gasteiger partial charge < -0.3 is 39.3 Å². The molecule has 6 aromatic rings. The van der Waals surface area contributed by atoms with E-state index in [1.54, 1.807) is 75.0 Å². The van der Waals surface area contributed by atoms with Gasteiger partial charge in [-0.3, -0.25) is 18.7 Å². The zero-order valence-corrected chi connectivity index (χ0v) is 40.4. The molecule has 2 fully saturated rings. The maximum Gasteiger partial charge on any atom is 0.410 e. The largest absolute Gasteiger partial charge is 0.444 e. The highest BCUT2D eigenvalue weighted by atomic mass is 35.5. The number of rotatable bonds is 8. The Bertz CT molecular complexity index is 2790. The average molecular weight is 958 g/mol. The lowest BCUT2D eigenvalue weighted by molar-refractivity contribution is -0.107. The van der Waals surface area contributed by atoms with Crippen LogP contribution in [0.1, 0.15) is 55.4 Å². The van der Waals surface area contributed by atoms with Crippen LogP contribution < -0.4 is 20.0 Å². The second-order valence-corrected chi connectivity index (χ2v) is 19.0. The SMILES string of the molecule is C[C@H]1CN(C(=O)OC(C)(C)C)CCN1c1ncnc2c1c(N(C)C=O)cn2-c1cc(Cl)ccn1.C[C@H]1CN(C(=O)OC(C)(C)C)CCN1c1ncnc2c1c(NC=O)cn2-c1cc(Cl)ccn1.